The lowest BCUT2D eigenvalue weighted by atomic mass is 9.98. The van der Waals surface area contributed by atoms with Crippen molar-refractivity contribution in [3.05, 3.63) is 107 Å². The highest BCUT2D eigenvalue weighted by molar-refractivity contribution is 6.15. The van der Waals surface area contributed by atoms with Gasteiger partial charge in [-0.3, -0.25) is 9.59 Å². The molecule has 0 spiro atoms. The zero-order valence-corrected chi connectivity index (χ0v) is 14.1. The van der Waals surface area contributed by atoms with E-state index in [0.717, 1.165) is 5.56 Å². The van der Waals surface area contributed by atoms with Crippen molar-refractivity contribution in [1.82, 2.24) is 5.32 Å². The van der Waals surface area contributed by atoms with E-state index in [1.807, 2.05) is 12.1 Å². The van der Waals surface area contributed by atoms with Crippen molar-refractivity contribution in [3.63, 3.8) is 0 Å². The van der Waals surface area contributed by atoms with E-state index in [-0.39, 0.29) is 17.5 Å². The maximum absolute atomic E-state index is 13.2. The van der Waals surface area contributed by atoms with Crippen LogP contribution in [0.15, 0.2) is 78.9 Å². The predicted octanol–water partition coefficient (Wildman–Crippen LogP) is 4.03. The van der Waals surface area contributed by atoms with Crippen molar-refractivity contribution < 1.29 is 14.0 Å². The minimum Gasteiger partial charge on any atom is -0.352 e. The van der Waals surface area contributed by atoms with Crippen LogP contribution < -0.4 is 5.32 Å². The van der Waals surface area contributed by atoms with Crippen molar-refractivity contribution in [1.29, 1.82) is 0 Å². The molecule has 1 N–H and O–H groups in total. The summed E-state index contributed by atoms with van der Waals surface area (Å²) in [6.07, 6.45) is 0.512. The lowest BCUT2D eigenvalue weighted by Gasteiger charge is -2.10. The van der Waals surface area contributed by atoms with E-state index < -0.39 is 0 Å². The average Bonchev–Trinajstić information content (AvgIpc) is 2.68. The van der Waals surface area contributed by atoms with Gasteiger partial charge in [-0.15, -0.1) is 0 Å². The zero-order valence-electron chi connectivity index (χ0n) is 14.1. The van der Waals surface area contributed by atoms with Crippen molar-refractivity contribution >= 4 is 11.7 Å². The summed E-state index contributed by atoms with van der Waals surface area (Å²) >= 11 is 0. The molecule has 0 bridgehead atoms. The number of hydrogen-bond acceptors (Lipinski definition) is 2. The van der Waals surface area contributed by atoms with Crippen LogP contribution in [0.1, 0.15) is 31.8 Å². The molecule has 0 unspecified atom stereocenters. The molecular formula is C22H18FNO2. The van der Waals surface area contributed by atoms with Crippen LogP contribution in [-0.2, 0) is 6.42 Å². The Labute approximate surface area is 151 Å². The topological polar surface area (TPSA) is 46.2 Å². The number of carbonyl (C=O) groups excluding carboxylic acids is 2. The van der Waals surface area contributed by atoms with E-state index >= 15 is 0 Å². The van der Waals surface area contributed by atoms with Gasteiger partial charge in [-0.1, -0.05) is 60.7 Å². The summed E-state index contributed by atoms with van der Waals surface area (Å²) in [4.78, 5) is 25.2. The standard InChI is InChI=1S/C22H18FNO2/c23-18-10-6-7-16(15-18)13-14-24-22(26)20-12-5-4-11-19(20)21(25)17-8-2-1-3-9-17/h1-12,15H,13-14H2,(H,24,26). The van der Waals surface area contributed by atoms with Crippen LogP contribution in [0, 0.1) is 5.82 Å². The Kier molecular flexibility index (Phi) is 5.54. The van der Waals surface area contributed by atoms with Gasteiger partial charge in [0, 0.05) is 17.7 Å². The summed E-state index contributed by atoms with van der Waals surface area (Å²) in [6, 6.07) is 21.9. The third-order valence-corrected chi connectivity index (χ3v) is 4.04. The second-order valence-corrected chi connectivity index (χ2v) is 5.88. The van der Waals surface area contributed by atoms with Gasteiger partial charge in [0.25, 0.3) is 5.91 Å². The molecule has 130 valence electrons. The molecule has 26 heavy (non-hydrogen) atoms. The number of halogens is 1. The van der Waals surface area contributed by atoms with Crippen molar-refractivity contribution in [2.75, 3.05) is 6.54 Å². The Morgan fingerprint density at radius 1 is 0.808 bits per heavy atom. The first-order valence-electron chi connectivity index (χ1n) is 8.36. The number of ketones is 1. The summed E-state index contributed by atoms with van der Waals surface area (Å²) in [6.45, 7) is 0.357. The number of amides is 1. The summed E-state index contributed by atoms with van der Waals surface area (Å²) in [5.74, 6) is -0.810. The van der Waals surface area contributed by atoms with Crippen LogP contribution in [0.3, 0.4) is 0 Å². The van der Waals surface area contributed by atoms with Crippen LogP contribution in [0.25, 0.3) is 0 Å². The van der Waals surface area contributed by atoms with Crippen LogP contribution in [0.5, 0.6) is 0 Å². The summed E-state index contributed by atoms with van der Waals surface area (Å²) in [5.41, 5.74) is 2.04. The first-order valence-corrected chi connectivity index (χ1v) is 8.36. The lowest BCUT2D eigenvalue weighted by Crippen LogP contribution is -2.27. The predicted molar refractivity (Wildman–Crippen MR) is 98.8 cm³/mol. The second-order valence-electron chi connectivity index (χ2n) is 5.88. The average molecular weight is 347 g/mol. The van der Waals surface area contributed by atoms with Gasteiger partial charge >= 0.3 is 0 Å². The van der Waals surface area contributed by atoms with Crippen LogP contribution in [0.4, 0.5) is 4.39 Å². The SMILES string of the molecule is O=C(NCCc1cccc(F)c1)c1ccccc1C(=O)c1ccccc1. The maximum Gasteiger partial charge on any atom is 0.252 e. The third kappa shape index (κ3) is 4.22. The summed E-state index contributed by atoms with van der Waals surface area (Å²) < 4.78 is 13.2. The fraction of sp³-hybridized carbons (Fsp3) is 0.0909. The fourth-order valence-electron chi connectivity index (χ4n) is 2.73. The molecule has 0 heterocycles. The van der Waals surface area contributed by atoms with Gasteiger partial charge in [0.1, 0.15) is 5.82 Å². The molecule has 3 rings (SSSR count). The van der Waals surface area contributed by atoms with Gasteiger partial charge in [-0.2, -0.15) is 0 Å². The largest absolute Gasteiger partial charge is 0.352 e. The molecule has 0 saturated carbocycles. The number of rotatable bonds is 6. The Balaban J connectivity index is 1.71. The van der Waals surface area contributed by atoms with Gasteiger partial charge in [0.15, 0.2) is 5.78 Å². The first kappa shape index (κ1) is 17.5. The lowest BCUT2D eigenvalue weighted by molar-refractivity contribution is 0.0942. The molecule has 1 amide bonds. The van der Waals surface area contributed by atoms with Gasteiger partial charge < -0.3 is 5.32 Å². The van der Waals surface area contributed by atoms with E-state index in [9.17, 15) is 14.0 Å². The third-order valence-electron chi connectivity index (χ3n) is 4.04. The quantitative estimate of drug-likeness (QED) is 0.684. The molecule has 0 saturated heterocycles. The zero-order chi connectivity index (χ0) is 18.4. The minimum absolute atomic E-state index is 0.193. The molecule has 0 aromatic heterocycles. The normalized spacial score (nSPS) is 10.3. The Bertz CT molecular complexity index is 922. The number of benzene rings is 3. The molecule has 0 aliphatic rings. The van der Waals surface area contributed by atoms with Crippen LogP contribution in [-0.4, -0.2) is 18.2 Å². The minimum atomic E-state index is -0.318. The number of nitrogens with one attached hydrogen (secondary N) is 1. The highest BCUT2D eigenvalue weighted by Gasteiger charge is 2.17. The van der Waals surface area contributed by atoms with E-state index in [1.54, 1.807) is 54.6 Å². The fourth-order valence-corrected chi connectivity index (χ4v) is 2.73. The van der Waals surface area contributed by atoms with Gasteiger partial charge in [0.2, 0.25) is 0 Å². The highest BCUT2D eigenvalue weighted by atomic mass is 19.1. The van der Waals surface area contributed by atoms with Gasteiger partial charge in [0.05, 0.1) is 5.56 Å². The molecule has 0 atom stereocenters. The van der Waals surface area contributed by atoms with Crippen molar-refractivity contribution in [2.45, 2.75) is 6.42 Å². The van der Waals surface area contributed by atoms with E-state index in [0.29, 0.717) is 29.7 Å². The Hall–Kier alpha value is -3.27. The number of hydrogen-bond donors (Lipinski definition) is 1. The second kappa shape index (κ2) is 8.21. The van der Waals surface area contributed by atoms with E-state index in [1.165, 1.54) is 12.1 Å². The summed E-state index contributed by atoms with van der Waals surface area (Å²) in [5, 5.41) is 2.80. The Morgan fingerprint density at radius 2 is 1.50 bits per heavy atom. The molecule has 0 aliphatic carbocycles. The molecule has 3 aromatic carbocycles. The Morgan fingerprint density at radius 3 is 2.23 bits per heavy atom. The highest BCUT2D eigenvalue weighted by Crippen LogP contribution is 2.15. The molecule has 3 nitrogen and oxygen atoms in total. The smallest absolute Gasteiger partial charge is 0.252 e. The number of carbonyl (C=O) groups is 2. The van der Waals surface area contributed by atoms with Gasteiger partial charge in [-0.25, -0.2) is 4.39 Å². The molecule has 0 aliphatic heterocycles. The first-order chi connectivity index (χ1) is 12.6. The molecule has 0 fully saturated rings. The monoisotopic (exact) mass is 347 g/mol. The van der Waals surface area contributed by atoms with Crippen molar-refractivity contribution in [3.8, 4) is 0 Å². The molecule has 0 radical (unpaired) electrons. The van der Waals surface area contributed by atoms with Crippen LogP contribution in [0.2, 0.25) is 0 Å². The van der Waals surface area contributed by atoms with E-state index in [2.05, 4.69) is 5.32 Å². The molecule has 3 aromatic rings. The van der Waals surface area contributed by atoms with Crippen molar-refractivity contribution in [2.24, 2.45) is 0 Å². The van der Waals surface area contributed by atoms with Crippen LogP contribution >= 0.6 is 0 Å². The molecular weight excluding hydrogens is 329 g/mol. The molecule has 4 heteroatoms. The maximum atomic E-state index is 13.2. The van der Waals surface area contributed by atoms with E-state index in [4.69, 9.17) is 0 Å². The summed E-state index contributed by atoms with van der Waals surface area (Å²) in [7, 11) is 0. The van der Waals surface area contributed by atoms with Gasteiger partial charge in [-0.05, 0) is 30.2 Å².